The van der Waals surface area contributed by atoms with Crippen molar-refractivity contribution in [1.29, 1.82) is 5.26 Å². The normalized spacial score (nSPS) is 13.5. The summed E-state index contributed by atoms with van der Waals surface area (Å²) in [4.78, 5) is 11.7. The van der Waals surface area contributed by atoms with Crippen LogP contribution in [0.15, 0.2) is 34.6 Å². The van der Waals surface area contributed by atoms with Crippen molar-refractivity contribution in [3.8, 4) is 6.07 Å². The molecule has 1 unspecified atom stereocenters. The Kier molecular flexibility index (Phi) is 7.32. The molecule has 0 amide bonds. The van der Waals surface area contributed by atoms with E-state index in [0.717, 1.165) is 6.42 Å². The molecule has 0 aromatic carbocycles. The van der Waals surface area contributed by atoms with Crippen molar-refractivity contribution in [2.24, 2.45) is 5.92 Å². The van der Waals surface area contributed by atoms with Crippen LogP contribution in [-0.4, -0.2) is 5.78 Å². The summed E-state index contributed by atoms with van der Waals surface area (Å²) in [6.07, 6.45) is 4.70. The zero-order chi connectivity index (χ0) is 12.6. The SMILES string of the molecule is C=C(/C=C(\C#N)C(C)=O)S/C=C\C(C)CC. The number of nitrogens with zero attached hydrogens (tertiary/aromatic N) is 1. The van der Waals surface area contributed by atoms with Gasteiger partial charge in [-0.1, -0.05) is 44.7 Å². The summed E-state index contributed by atoms with van der Waals surface area (Å²) in [5, 5.41) is 10.6. The van der Waals surface area contributed by atoms with Crippen molar-refractivity contribution >= 4 is 17.5 Å². The molecule has 0 aliphatic carbocycles. The standard InChI is InChI=1S/C13H17NOS/c1-5-10(2)6-7-16-11(3)8-13(9-14)12(4)15/h6-8,10H,3,5H2,1-2,4H3/b7-6-,13-8+. The van der Waals surface area contributed by atoms with Gasteiger partial charge in [-0.25, -0.2) is 0 Å². The molecule has 3 heteroatoms. The predicted molar refractivity (Wildman–Crippen MR) is 69.7 cm³/mol. The third-order valence-corrected chi connectivity index (χ3v) is 2.79. The van der Waals surface area contributed by atoms with Crippen LogP contribution >= 0.6 is 11.8 Å². The molecule has 16 heavy (non-hydrogen) atoms. The number of nitriles is 1. The van der Waals surface area contributed by atoms with E-state index >= 15 is 0 Å². The highest BCUT2D eigenvalue weighted by Crippen LogP contribution is 2.19. The molecule has 0 bridgehead atoms. The van der Waals surface area contributed by atoms with E-state index in [9.17, 15) is 4.79 Å². The van der Waals surface area contributed by atoms with Gasteiger partial charge in [0.1, 0.15) is 6.07 Å². The van der Waals surface area contributed by atoms with Gasteiger partial charge >= 0.3 is 0 Å². The number of Topliss-reactive ketones (excluding diaryl/α,β-unsaturated/α-hetero) is 1. The molecule has 0 saturated heterocycles. The summed E-state index contributed by atoms with van der Waals surface area (Å²) in [6.45, 7) is 9.41. The maximum atomic E-state index is 11.0. The van der Waals surface area contributed by atoms with Crippen LogP contribution in [0.5, 0.6) is 0 Å². The van der Waals surface area contributed by atoms with E-state index in [2.05, 4.69) is 26.5 Å². The fraction of sp³-hybridized carbons (Fsp3) is 0.385. The quantitative estimate of drug-likeness (QED) is 0.399. The molecule has 2 nitrogen and oxygen atoms in total. The van der Waals surface area contributed by atoms with E-state index in [4.69, 9.17) is 5.26 Å². The minimum atomic E-state index is -0.227. The fourth-order valence-corrected chi connectivity index (χ4v) is 1.51. The smallest absolute Gasteiger partial charge is 0.170 e. The first-order valence-corrected chi connectivity index (χ1v) is 6.04. The van der Waals surface area contributed by atoms with Crippen LogP contribution in [0.3, 0.4) is 0 Å². The number of carbonyl (C=O) groups is 1. The zero-order valence-electron chi connectivity index (χ0n) is 9.99. The molecule has 0 N–H and O–H groups in total. The first-order chi connectivity index (χ1) is 7.51. The van der Waals surface area contributed by atoms with E-state index in [1.165, 1.54) is 24.8 Å². The lowest BCUT2D eigenvalue weighted by Gasteiger charge is -1.99. The Balaban J connectivity index is 4.34. The lowest BCUT2D eigenvalue weighted by Crippen LogP contribution is -1.92. The highest BCUT2D eigenvalue weighted by molar-refractivity contribution is 8.06. The number of hydrogen-bond donors (Lipinski definition) is 0. The Hall–Kier alpha value is -1.27. The van der Waals surface area contributed by atoms with Crippen molar-refractivity contribution in [3.05, 3.63) is 34.6 Å². The van der Waals surface area contributed by atoms with Gasteiger partial charge in [0.05, 0.1) is 5.57 Å². The van der Waals surface area contributed by atoms with Crippen LogP contribution in [0, 0.1) is 17.2 Å². The number of allylic oxidation sites excluding steroid dienone is 3. The zero-order valence-corrected chi connectivity index (χ0v) is 10.8. The highest BCUT2D eigenvalue weighted by Gasteiger charge is 2.02. The van der Waals surface area contributed by atoms with Crippen molar-refractivity contribution in [3.63, 3.8) is 0 Å². The van der Waals surface area contributed by atoms with E-state index < -0.39 is 0 Å². The minimum Gasteiger partial charge on any atom is -0.294 e. The number of hydrogen-bond acceptors (Lipinski definition) is 3. The van der Waals surface area contributed by atoms with Crippen molar-refractivity contribution in [2.45, 2.75) is 27.2 Å². The maximum Gasteiger partial charge on any atom is 0.170 e. The van der Waals surface area contributed by atoms with Crippen molar-refractivity contribution in [2.75, 3.05) is 0 Å². The monoisotopic (exact) mass is 235 g/mol. The molecule has 0 saturated carbocycles. The van der Waals surface area contributed by atoms with E-state index in [-0.39, 0.29) is 11.4 Å². The molecule has 0 radical (unpaired) electrons. The molecule has 1 atom stereocenters. The molecular formula is C13H17NOS. The molecule has 0 aromatic rings. The molecule has 0 aliphatic heterocycles. The second-order valence-corrected chi connectivity index (χ2v) is 4.56. The summed E-state index contributed by atoms with van der Waals surface area (Å²) in [7, 11) is 0. The third-order valence-electron chi connectivity index (χ3n) is 2.08. The van der Waals surface area contributed by atoms with Gasteiger partial charge in [0.25, 0.3) is 0 Å². The molecule has 0 spiro atoms. The third kappa shape index (κ3) is 6.26. The summed E-state index contributed by atoms with van der Waals surface area (Å²) in [5.41, 5.74) is 0.148. The van der Waals surface area contributed by atoms with E-state index in [1.807, 2.05) is 11.5 Å². The van der Waals surface area contributed by atoms with Crippen LogP contribution < -0.4 is 0 Å². The first kappa shape index (κ1) is 14.7. The van der Waals surface area contributed by atoms with E-state index in [0.29, 0.717) is 10.8 Å². The van der Waals surface area contributed by atoms with Crippen molar-refractivity contribution < 1.29 is 4.79 Å². The first-order valence-electron chi connectivity index (χ1n) is 5.16. The Morgan fingerprint density at radius 3 is 2.69 bits per heavy atom. The second-order valence-electron chi connectivity index (χ2n) is 3.52. The van der Waals surface area contributed by atoms with Crippen LogP contribution in [0.2, 0.25) is 0 Å². The summed E-state index contributed by atoms with van der Waals surface area (Å²) < 4.78 is 0. The van der Waals surface area contributed by atoms with Gasteiger partial charge in [0, 0.05) is 4.91 Å². The van der Waals surface area contributed by atoms with Gasteiger partial charge < -0.3 is 0 Å². The molecular weight excluding hydrogens is 218 g/mol. The minimum absolute atomic E-state index is 0.148. The Labute approximate surface area is 102 Å². The van der Waals surface area contributed by atoms with E-state index in [1.54, 1.807) is 0 Å². The number of rotatable bonds is 6. The lowest BCUT2D eigenvalue weighted by atomic mass is 10.1. The lowest BCUT2D eigenvalue weighted by molar-refractivity contribution is -0.113. The summed E-state index contributed by atoms with van der Waals surface area (Å²) >= 11 is 1.43. The number of carbonyl (C=O) groups excluding carboxylic acids is 1. The van der Waals surface area contributed by atoms with Gasteiger partial charge in [0.2, 0.25) is 0 Å². The van der Waals surface area contributed by atoms with Crippen LogP contribution in [0.1, 0.15) is 27.2 Å². The topological polar surface area (TPSA) is 40.9 Å². The molecule has 0 fully saturated rings. The van der Waals surface area contributed by atoms with Gasteiger partial charge in [-0.2, -0.15) is 5.26 Å². The number of thioether (sulfide) groups is 1. The van der Waals surface area contributed by atoms with Crippen LogP contribution in [-0.2, 0) is 4.79 Å². The Morgan fingerprint density at radius 1 is 1.62 bits per heavy atom. The highest BCUT2D eigenvalue weighted by atomic mass is 32.2. The fourth-order valence-electron chi connectivity index (χ4n) is 0.805. The van der Waals surface area contributed by atoms with Gasteiger partial charge in [-0.05, 0) is 24.3 Å². The average molecular weight is 235 g/mol. The molecule has 0 aliphatic rings. The molecule has 86 valence electrons. The molecule has 0 heterocycles. The summed E-state index contributed by atoms with van der Waals surface area (Å²) in [6, 6.07) is 1.86. The Morgan fingerprint density at radius 2 is 2.25 bits per heavy atom. The number of ketones is 1. The van der Waals surface area contributed by atoms with Gasteiger partial charge in [0.15, 0.2) is 5.78 Å². The summed E-state index contributed by atoms with van der Waals surface area (Å²) in [5.74, 6) is 0.308. The van der Waals surface area contributed by atoms with Crippen LogP contribution in [0.4, 0.5) is 0 Å². The predicted octanol–water partition coefficient (Wildman–Crippen LogP) is 3.83. The van der Waals surface area contributed by atoms with Crippen molar-refractivity contribution in [1.82, 2.24) is 0 Å². The molecule has 0 rings (SSSR count). The van der Waals surface area contributed by atoms with Gasteiger partial charge in [-0.3, -0.25) is 4.79 Å². The van der Waals surface area contributed by atoms with Gasteiger partial charge in [-0.15, -0.1) is 0 Å². The average Bonchev–Trinajstić information content (AvgIpc) is 2.25. The maximum absolute atomic E-state index is 11.0. The second kappa shape index (κ2) is 7.95. The molecule has 0 aromatic heterocycles. The largest absolute Gasteiger partial charge is 0.294 e. The van der Waals surface area contributed by atoms with Crippen LogP contribution in [0.25, 0.3) is 0 Å². The Bertz CT molecular complexity index is 361.